The van der Waals surface area contributed by atoms with Crippen molar-refractivity contribution in [2.45, 2.75) is 0 Å². The molecule has 0 spiro atoms. The summed E-state index contributed by atoms with van der Waals surface area (Å²) in [7, 11) is 0. The van der Waals surface area contributed by atoms with Crippen LogP contribution in [-0.4, -0.2) is 0 Å². The molecule has 0 aliphatic heterocycles. The van der Waals surface area contributed by atoms with Crippen LogP contribution in [-0.2, 0) is 98.1 Å². The normalized spacial score (nSPS) is 4.80. The van der Waals surface area contributed by atoms with Crippen LogP contribution in [0.3, 0.4) is 0 Å². The Morgan fingerprint density at radius 1 is 0.700 bits per heavy atom. The first-order valence-electron chi connectivity index (χ1n) is 1.91. The zero-order valence-electron chi connectivity index (χ0n) is 6.12. The van der Waals surface area contributed by atoms with E-state index >= 15 is 0 Å². The molecule has 0 unspecified atom stereocenters. The average molecular weight is 359 g/mol. The zero-order valence-corrected chi connectivity index (χ0v) is 14.6. The third-order valence-electron chi connectivity index (χ3n) is 0.607. The third kappa shape index (κ3) is 13.1. The zero-order chi connectivity index (χ0) is 4.24. The van der Waals surface area contributed by atoms with Crippen molar-refractivity contribution in [1.29, 1.82) is 0 Å². The molecule has 0 atom stereocenters. The monoisotopic (exact) mass is 359 g/mol. The second-order valence-electron chi connectivity index (χ2n) is 1.08. The summed E-state index contributed by atoms with van der Waals surface area (Å²) in [6.45, 7) is 0. The Kier molecular flexibility index (Phi) is 40.2. The van der Waals surface area contributed by atoms with Gasteiger partial charge in [0, 0.05) is 98.1 Å². The molecule has 0 aliphatic rings. The fraction of sp³-hybridized carbons (Fsp3) is 0. The topological polar surface area (TPSA) is 0 Å². The van der Waals surface area contributed by atoms with Gasteiger partial charge in [-0.3, -0.25) is 0 Å². The second kappa shape index (κ2) is 17.6. The molecule has 0 saturated heterocycles. The Balaban J connectivity index is -0.0000000450. The number of benzene rings is 1. The third-order valence-corrected chi connectivity index (χ3v) is 0.607. The average Bonchev–Trinajstić information content (AvgIpc) is 1.72. The van der Waals surface area contributed by atoms with Crippen LogP contribution in [0.2, 0.25) is 0 Å². The maximum absolute atomic E-state index is 2.89. The van der Waals surface area contributed by atoms with Crippen LogP contribution in [0.25, 0.3) is 0 Å². The van der Waals surface area contributed by atoms with Crippen molar-refractivity contribution < 1.29 is 98.1 Å². The van der Waals surface area contributed by atoms with Gasteiger partial charge < -0.3 is 7.43 Å². The minimum atomic E-state index is 0. The summed E-state index contributed by atoms with van der Waals surface area (Å²) in [6, 6.07) is 12.5. The van der Waals surface area contributed by atoms with E-state index in [1.807, 2.05) is 30.3 Å². The fourth-order valence-electron chi connectivity index (χ4n) is 0.342. The Bertz CT molecular complexity index is 80.8. The Morgan fingerprint density at radius 2 is 1.10 bits per heavy atom. The van der Waals surface area contributed by atoms with Gasteiger partial charge in [-0.05, 0) is 0 Å². The van der Waals surface area contributed by atoms with E-state index < -0.39 is 0 Å². The van der Waals surface area contributed by atoms with E-state index in [1.165, 1.54) is 0 Å². The van der Waals surface area contributed by atoms with Crippen LogP contribution >= 0.6 is 0 Å². The van der Waals surface area contributed by atoms with Crippen LogP contribution in [0.1, 0.15) is 0 Å². The smallest absolute Gasteiger partial charge is 0 e. The first-order valence-corrected chi connectivity index (χ1v) is 1.91. The van der Waals surface area contributed by atoms with Gasteiger partial charge in [0.15, 0.2) is 0 Å². The van der Waals surface area contributed by atoms with Crippen LogP contribution in [0.15, 0.2) is 30.3 Å². The summed E-state index contributed by atoms with van der Waals surface area (Å²) in [5.41, 5.74) is 0. The van der Waals surface area contributed by atoms with Gasteiger partial charge in [0.1, 0.15) is 0 Å². The molecule has 0 aliphatic carbocycles. The van der Waals surface area contributed by atoms with Gasteiger partial charge in [-0.25, -0.2) is 0 Å². The minimum absolute atomic E-state index is 0. The van der Waals surface area contributed by atoms with Gasteiger partial charge in [-0.2, -0.15) is 36.4 Å². The molecule has 1 aromatic rings. The molecule has 3 heteroatoms. The van der Waals surface area contributed by atoms with E-state index in [2.05, 4.69) is 6.07 Å². The van der Waals surface area contributed by atoms with Gasteiger partial charge in [0.05, 0.1) is 0 Å². The molecule has 0 nitrogen and oxygen atoms in total. The van der Waals surface area contributed by atoms with E-state index in [-0.39, 0.29) is 106 Å². The molecule has 0 aromatic heterocycles. The molecular formula is C7H8Y3-2. The van der Waals surface area contributed by atoms with E-state index in [0.717, 1.165) is 0 Å². The van der Waals surface area contributed by atoms with Crippen molar-refractivity contribution in [3.05, 3.63) is 43.8 Å². The molecule has 1 rings (SSSR count). The quantitative estimate of drug-likeness (QED) is 0.622. The van der Waals surface area contributed by atoms with Crippen molar-refractivity contribution in [2.75, 3.05) is 0 Å². The van der Waals surface area contributed by atoms with E-state index in [1.54, 1.807) is 0 Å². The van der Waals surface area contributed by atoms with E-state index in [4.69, 9.17) is 0 Å². The SMILES string of the molecule is [CH3-].[Y].[Y].[Y].[c-]1ccccc1. The Hall–Kier alpha value is 2.53. The maximum Gasteiger partial charge on any atom is 0 e. The molecule has 0 bridgehead atoms. The fourth-order valence-corrected chi connectivity index (χ4v) is 0.342. The van der Waals surface area contributed by atoms with Crippen LogP contribution < -0.4 is 0 Å². The molecule has 0 heterocycles. The predicted molar refractivity (Wildman–Crippen MR) is 31.7 cm³/mol. The van der Waals surface area contributed by atoms with Crippen LogP contribution in [0.5, 0.6) is 0 Å². The van der Waals surface area contributed by atoms with Gasteiger partial charge in [-0.1, -0.05) is 0 Å². The summed E-state index contributed by atoms with van der Waals surface area (Å²) in [6.07, 6.45) is 0. The van der Waals surface area contributed by atoms with Crippen molar-refractivity contribution >= 4 is 0 Å². The van der Waals surface area contributed by atoms with E-state index in [0.29, 0.717) is 0 Å². The summed E-state index contributed by atoms with van der Waals surface area (Å²) in [4.78, 5) is 0. The van der Waals surface area contributed by atoms with E-state index in [9.17, 15) is 0 Å². The number of hydrogen-bond acceptors (Lipinski definition) is 0. The van der Waals surface area contributed by atoms with Crippen LogP contribution in [0, 0.1) is 13.5 Å². The van der Waals surface area contributed by atoms with Gasteiger partial charge >= 0.3 is 0 Å². The molecule has 0 fully saturated rings. The number of rotatable bonds is 0. The van der Waals surface area contributed by atoms with Gasteiger partial charge in [0.25, 0.3) is 0 Å². The molecule has 47 valence electrons. The first-order chi connectivity index (χ1) is 3.00. The molecule has 3 radical (unpaired) electrons. The summed E-state index contributed by atoms with van der Waals surface area (Å²) in [5.74, 6) is 0. The van der Waals surface area contributed by atoms with Gasteiger partial charge in [-0.15, -0.1) is 0 Å². The molecular weight excluding hydrogens is 351 g/mol. The van der Waals surface area contributed by atoms with Crippen molar-refractivity contribution in [2.24, 2.45) is 0 Å². The molecule has 0 amide bonds. The summed E-state index contributed by atoms with van der Waals surface area (Å²) < 4.78 is 0. The molecule has 0 N–H and O–H groups in total. The van der Waals surface area contributed by atoms with Crippen molar-refractivity contribution in [1.82, 2.24) is 0 Å². The number of hydrogen-bond donors (Lipinski definition) is 0. The van der Waals surface area contributed by atoms with Crippen molar-refractivity contribution in [3.63, 3.8) is 0 Å². The summed E-state index contributed by atoms with van der Waals surface area (Å²) in [5, 5.41) is 0. The Labute approximate surface area is 139 Å². The predicted octanol–water partition coefficient (Wildman–Crippen LogP) is 1.93. The first kappa shape index (κ1) is 22.9. The van der Waals surface area contributed by atoms with Crippen molar-refractivity contribution in [3.8, 4) is 0 Å². The second-order valence-corrected chi connectivity index (χ2v) is 1.08. The minimum Gasteiger partial charge on any atom is -0.358 e. The largest absolute Gasteiger partial charge is 0.358 e. The van der Waals surface area contributed by atoms with Crippen LogP contribution in [0.4, 0.5) is 0 Å². The molecule has 0 saturated carbocycles. The molecule has 1 aromatic carbocycles. The molecule has 10 heavy (non-hydrogen) atoms. The van der Waals surface area contributed by atoms with Gasteiger partial charge in [0.2, 0.25) is 0 Å². The summed E-state index contributed by atoms with van der Waals surface area (Å²) >= 11 is 0. The maximum atomic E-state index is 2.89. The standard InChI is InChI=1S/C6H5.CH3.3Y/c1-2-4-6-5-3-1;;;;/h1-5H;1H3;;;/q2*-1;;;. The Morgan fingerprint density at radius 3 is 1.20 bits per heavy atom.